The van der Waals surface area contributed by atoms with E-state index in [0.29, 0.717) is 38.1 Å². The third kappa shape index (κ3) is 8.89. The number of thiophene rings is 1. The molecule has 0 spiro atoms. The van der Waals surface area contributed by atoms with Crippen LogP contribution < -0.4 is 16.4 Å². The van der Waals surface area contributed by atoms with Gasteiger partial charge in [-0.3, -0.25) is 4.79 Å². The van der Waals surface area contributed by atoms with E-state index in [1.165, 1.54) is 11.3 Å². The zero-order valence-electron chi connectivity index (χ0n) is 18.5. The second-order valence-corrected chi connectivity index (χ2v) is 8.97. The van der Waals surface area contributed by atoms with Crippen molar-refractivity contribution < 1.29 is 32.7 Å². The molecule has 1 atom stereocenters. The van der Waals surface area contributed by atoms with Crippen molar-refractivity contribution in [2.75, 3.05) is 18.4 Å². The van der Waals surface area contributed by atoms with E-state index >= 15 is 0 Å². The summed E-state index contributed by atoms with van der Waals surface area (Å²) in [6.07, 6.45) is -2.60. The van der Waals surface area contributed by atoms with Crippen LogP contribution in [0, 0.1) is 24.3 Å². The Bertz CT molecular complexity index is 1240. The number of piperidine rings is 1. The van der Waals surface area contributed by atoms with Crippen molar-refractivity contribution in [1.29, 1.82) is 0 Å². The third-order valence-corrected chi connectivity index (χ3v) is 6.17. The van der Waals surface area contributed by atoms with Gasteiger partial charge in [-0.15, -0.1) is 11.3 Å². The van der Waals surface area contributed by atoms with Crippen LogP contribution >= 0.6 is 22.9 Å². The number of rotatable bonds is 4. The first-order valence-corrected chi connectivity index (χ1v) is 11.5. The van der Waals surface area contributed by atoms with Crippen molar-refractivity contribution in [2.24, 2.45) is 11.7 Å². The highest BCUT2D eigenvalue weighted by Crippen LogP contribution is 2.30. The summed E-state index contributed by atoms with van der Waals surface area (Å²) in [7, 11) is 0. The number of hydrogen-bond donors (Lipinski definition) is 4. The van der Waals surface area contributed by atoms with Crippen molar-refractivity contribution in [3.05, 3.63) is 56.0 Å². The van der Waals surface area contributed by atoms with Crippen molar-refractivity contribution in [2.45, 2.75) is 25.4 Å². The Morgan fingerprint density at radius 1 is 1.31 bits per heavy atom. The molecule has 13 heteroatoms. The summed E-state index contributed by atoms with van der Waals surface area (Å²) in [5, 5.41) is 13.3. The maximum Gasteiger partial charge on any atom is 0.490 e. The second kappa shape index (κ2) is 12.9. The summed E-state index contributed by atoms with van der Waals surface area (Å²) < 4.78 is 31.7. The van der Waals surface area contributed by atoms with Crippen LogP contribution in [0.1, 0.15) is 39.4 Å². The van der Waals surface area contributed by atoms with Crippen LogP contribution in [-0.4, -0.2) is 42.2 Å². The molecular formula is C23H20ClF3N4O4S. The number of carboxylic acids is 1. The number of benzene rings is 1. The number of halogens is 4. The van der Waals surface area contributed by atoms with Gasteiger partial charge in [0.1, 0.15) is 0 Å². The number of alkyl halides is 3. The van der Waals surface area contributed by atoms with E-state index in [9.17, 15) is 22.8 Å². The number of anilines is 1. The number of nitrogens with two attached hydrogens (primary N) is 1. The van der Waals surface area contributed by atoms with Gasteiger partial charge in [0.2, 0.25) is 5.69 Å². The van der Waals surface area contributed by atoms with Crippen LogP contribution in [0.2, 0.25) is 5.02 Å². The highest BCUT2D eigenvalue weighted by Gasteiger charge is 2.38. The molecular weight excluding hydrogens is 521 g/mol. The lowest BCUT2D eigenvalue weighted by atomic mass is 9.93. The molecule has 0 radical (unpaired) electrons. The standard InChI is InChI=1S/C21H19ClN4O2S.C2HF3O2/c1-24-17-9-13(5-7-16(17)22)4-6-15-11-18(26-21(23)28)20(29-15)19(27)10-14-3-2-8-25-12-14;3-2(4,5)1(6)7/h5,7,9,11,14,25H,2-3,8,10,12H2,(H3,23,26,28);(H,6,7)/t14-;/m1./s1. The van der Waals surface area contributed by atoms with Gasteiger partial charge in [0.15, 0.2) is 5.78 Å². The fourth-order valence-corrected chi connectivity index (χ4v) is 4.22. The molecule has 2 aromatic rings. The van der Waals surface area contributed by atoms with Gasteiger partial charge in [-0.25, -0.2) is 14.4 Å². The lowest BCUT2D eigenvalue weighted by molar-refractivity contribution is -0.192. The molecule has 1 aliphatic heterocycles. The number of hydrogen-bond acceptors (Lipinski definition) is 5. The lowest BCUT2D eigenvalue weighted by Crippen LogP contribution is -2.31. The molecule has 2 amide bonds. The average molecular weight is 541 g/mol. The van der Waals surface area contributed by atoms with Crippen LogP contribution in [0.3, 0.4) is 0 Å². The number of nitrogens with one attached hydrogen (secondary N) is 2. The van der Waals surface area contributed by atoms with E-state index in [-0.39, 0.29) is 11.7 Å². The minimum Gasteiger partial charge on any atom is -0.475 e. The van der Waals surface area contributed by atoms with Gasteiger partial charge in [-0.2, -0.15) is 13.2 Å². The quantitative estimate of drug-likeness (QED) is 0.245. The highest BCUT2D eigenvalue weighted by molar-refractivity contribution is 7.15. The first-order chi connectivity index (χ1) is 16.9. The topological polar surface area (TPSA) is 126 Å². The summed E-state index contributed by atoms with van der Waals surface area (Å²) in [5.74, 6) is 3.47. The van der Waals surface area contributed by atoms with Gasteiger partial charge in [0, 0.05) is 17.0 Å². The number of primary amides is 1. The van der Waals surface area contributed by atoms with Crippen LogP contribution in [0.5, 0.6) is 0 Å². The summed E-state index contributed by atoms with van der Waals surface area (Å²) in [6, 6.07) is 5.89. The first kappa shape index (κ1) is 28.7. The monoisotopic (exact) mass is 540 g/mol. The van der Waals surface area contributed by atoms with Crippen molar-refractivity contribution >= 4 is 52.1 Å². The van der Waals surface area contributed by atoms with Crippen LogP contribution in [0.25, 0.3) is 4.85 Å². The van der Waals surface area contributed by atoms with E-state index in [2.05, 4.69) is 27.3 Å². The van der Waals surface area contributed by atoms with Crippen molar-refractivity contribution in [1.82, 2.24) is 5.32 Å². The number of amides is 2. The van der Waals surface area contributed by atoms with E-state index in [1.54, 1.807) is 24.3 Å². The molecule has 1 aliphatic rings. The molecule has 8 nitrogen and oxygen atoms in total. The van der Waals surface area contributed by atoms with Gasteiger partial charge in [-0.05, 0) is 50.0 Å². The third-order valence-electron chi connectivity index (χ3n) is 4.76. The molecule has 1 saturated heterocycles. The molecule has 3 rings (SSSR count). The Morgan fingerprint density at radius 2 is 2.00 bits per heavy atom. The lowest BCUT2D eigenvalue weighted by Gasteiger charge is -2.21. The van der Waals surface area contributed by atoms with Crippen molar-refractivity contribution in [3.63, 3.8) is 0 Å². The number of urea groups is 1. The van der Waals surface area contributed by atoms with Crippen LogP contribution in [0.15, 0.2) is 24.3 Å². The van der Waals surface area contributed by atoms with E-state index in [1.807, 2.05) is 0 Å². The van der Waals surface area contributed by atoms with Crippen LogP contribution in [-0.2, 0) is 4.79 Å². The fourth-order valence-electron chi connectivity index (χ4n) is 3.15. The fraction of sp³-hybridized carbons (Fsp3) is 0.304. The number of carbonyl (C=O) groups is 3. The van der Waals surface area contributed by atoms with Gasteiger partial charge in [0.25, 0.3) is 0 Å². The normalized spacial score (nSPS) is 14.8. The SMILES string of the molecule is O=C(O)C(F)(F)F.[C-]#[N+]c1cc(C#Cc2cc(NC(N)=O)c(C(=O)C[C@H]3CCCNC3)s2)ccc1Cl. The Balaban J connectivity index is 0.000000572. The zero-order chi connectivity index (χ0) is 26.9. The Labute approximate surface area is 213 Å². The van der Waals surface area contributed by atoms with E-state index in [0.717, 1.165) is 25.9 Å². The second-order valence-electron chi connectivity index (χ2n) is 7.51. The van der Waals surface area contributed by atoms with Gasteiger partial charge in [-0.1, -0.05) is 29.5 Å². The molecule has 1 fully saturated rings. The largest absolute Gasteiger partial charge is 0.490 e. The Morgan fingerprint density at radius 3 is 2.56 bits per heavy atom. The zero-order valence-corrected chi connectivity index (χ0v) is 20.1. The molecule has 0 saturated carbocycles. The molecule has 36 heavy (non-hydrogen) atoms. The van der Waals surface area contributed by atoms with Crippen molar-refractivity contribution in [3.8, 4) is 11.8 Å². The molecule has 0 aliphatic carbocycles. The molecule has 0 unspecified atom stereocenters. The van der Waals surface area contributed by atoms with E-state index < -0.39 is 18.2 Å². The number of aliphatic carboxylic acids is 1. The summed E-state index contributed by atoms with van der Waals surface area (Å²) in [6.45, 7) is 8.93. The average Bonchev–Trinajstić information content (AvgIpc) is 3.21. The molecule has 0 bridgehead atoms. The maximum absolute atomic E-state index is 12.8. The number of carbonyl (C=O) groups excluding carboxylic acids is 2. The predicted octanol–water partition coefficient (Wildman–Crippen LogP) is 5.05. The number of Topliss-reactive ketones (excluding diaryl/α,β-unsaturated/α-hetero) is 1. The van der Waals surface area contributed by atoms with Crippen LogP contribution in [0.4, 0.5) is 29.3 Å². The Hall–Kier alpha value is -3.58. The van der Waals surface area contributed by atoms with Gasteiger partial charge >= 0.3 is 18.2 Å². The number of carboxylic acid groups (broad SMARTS) is 1. The Kier molecular flexibility index (Phi) is 10.3. The molecule has 1 aromatic carbocycles. The summed E-state index contributed by atoms with van der Waals surface area (Å²) in [4.78, 5) is 37.5. The molecule has 5 N–H and O–H groups in total. The first-order valence-electron chi connectivity index (χ1n) is 10.3. The summed E-state index contributed by atoms with van der Waals surface area (Å²) >= 11 is 7.18. The predicted molar refractivity (Wildman–Crippen MR) is 129 cm³/mol. The maximum atomic E-state index is 12.8. The molecule has 1 aromatic heterocycles. The van der Waals surface area contributed by atoms with Gasteiger partial charge in [0.05, 0.1) is 22.0 Å². The molecule has 2 heterocycles. The number of ketones is 1. The minimum absolute atomic E-state index is 0.0257. The smallest absolute Gasteiger partial charge is 0.475 e. The van der Waals surface area contributed by atoms with Gasteiger partial charge < -0.3 is 21.5 Å². The summed E-state index contributed by atoms with van der Waals surface area (Å²) in [5.41, 5.74) is 6.61. The number of nitrogens with zero attached hydrogens (tertiary/aromatic N) is 1. The van der Waals surface area contributed by atoms with E-state index in [4.69, 9.17) is 33.8 Å². The molecule has 190 valence electrons. The minimum atomic E-state index is -5.08. The highest BCUT2D eigenvalue weighted by atomic mass is 35.5.